The van der Waals surface area contributed by atoms with Crippen molar-refractivity contribution in [2.24, 2.45) is 0 Å². The first-order valence-corrected chi connectivity index (χ1v) is 5.22. The first-order valence-electron chi connectivity index (χ1n) is 4.43. The molecule has 0 fully saturated rings. The Hall–Kier alpha value is -0.680. The molecular weight excluding hydrogens is 244 g/mol. The molecule has 0 aromatic carbocycles. The predicted molar refractivity (Wildman–Crippen MR) is 61.6 cm³/mol. The van der Waals surface area contributed by atoms with Crippen molar-refractivity contribution in [3.63, 3.8) is 0 Å². The third kappa shape index (κ3) is 3.59. The molecule has 1 aromatic rings. The fourth-order valence-electron chi connectivity index (χ4n) is 0.998. The van der Waals surface area contributed by atoms with Gasteiger partial charge in [0.05, 0.1) is 0 Å². The molecule has 0 N–H and O–H groups in total. The Morgan fingerprint density at radius 2 is 1.93 bits per heavy atom. The van der Waals surface area contributed by atoms with Gasteiger partial charge in [0, 0.05) is 26.2 Å². The molecule has 78 valence electrons. The molecule has 4 nitrogen and oxygen atoms in total. The van der Waals surface area contributed by atoms with Crippen LogP contribution in [0.3, 0.4) is 0 Å². The molecule has 1 rings (SSSR count). The van der Waals surface area contributed by atoms with Crippen molar-refractivity contribution >= 4 is 21.7 Å². The number of rotatable bonds is 4. The van der Waals surface area contributed by atoms with E-state index in [0.29, 0.717) is 0 Å². The zero-order valence-corrected chi connectivity index (χ0v) is 10.3. The number of hydrogen-bond acceptors (Lipinski definition) is 4. The Morgan fingerprint density at radius 1 is 1.21 bits per heavy atom. The molecule has 0 aliphatic rings. The van der Waals surface area contributed by atoms with Crippen molar-refractivity contribution in [1.29, 1.82) is 0 Å². The van der Waals surface area contributed by atoms with Gasteiger partial charge in [0.15, 0.2) is 0 Å². The standard InChI is InChI=1S/C9H15BrN4/c1-13(2)4-5-14(3)9-6-8(10)11-7-12-9/h6-7H,4-5H2,1-3H3. The molecule has 0 atom stereocenters. The van der Waals surface area contributed by atoms with Crippen LogP contribution in [0, 0.1) is 0 Å². The van der Waals surface area contributed by atoms with E-state index in [2.05, 4.69) is 49.8 Å². The third-order valence-corrected chi connectivity index (χ3v) is 2.33. The quantitative estimate of drug-likeness (QED) is 0.761. The maximum Gasteiger partial charge on any atom is 0.132 e. The highest BCUT2D eigenvalue weighted by Gasteiger charge is 2.03. The van der Waals surface area contributed by atoms with E-state index in [-0.39, 0.29) is 0 Å². The van der Waals surface area contributed by atoms with E-state index in [1.807, 2.05) is 13.1 Å². The first-order chi connectivity index (χ1) is 6.59. The summed E-state index contributed by atoms with van der Waals surface area (Å²) in [5.74, 6) is 0.939. The molecule has 0 bridgehead atoms. The molecule has 0 spiro atoms. The maximum absolute atomic E-state index is 4.18. The second-order valence-electron chi connectivity index (χ2n) is 3.42. The Labute approximate surface area is 93.1 Å². The van der Waals surface area contributed by atoms with Crippen LogP contribution < -0.4 is 4.90 Å². The van der Waals surface area contributed by atoms with E-state index in [0.717, 1.165) is 23.5 Å². The van der Waals surface area contributed by atoms with E-state index < -0.39 is 0 Å². The highest BCUT2D eigenvalue weighted by atomic mass is 79.9. The summed E-state index contributed by atoms with van der Waals surface area (Å²) >= 11 is 3.32. The van der Waals surface area contributed by atoms with Gasteiger partial charge in [0.1, 0.15) is 16.7 Å². The van der Waals surface area contributed by atoms with Crippen LogP contribution in [0.2, 0.25) is 0 Å². The van der Waals surface area contributed by atoms with Crippen LogP contribution in [-0.4, -0.2) is 49.1 Å². The molecule has 0 aliphatic heterocycles. The summed E-state index contributed by atoms with van der Waals surface area (Å²) in [6, 6.07) is 1.91. The van der Waals surface area contributed by atoms with Crippen LogP contribution in [0.5, 0.6) is 0 Å². The summed E-state index contributed by atoms with van der Waals surface area (Å²) in [5, 5.41) is 0. The summed E-state index contributed by atoms with van der Waals surface area (Å²) in [6.07, 6.45) is 1.56. The topological polar surface area (TPSA) is 32.3 Å². The molecule has 0 aliphatic carbocycles. The molecule has 0 radical (unpaired) electrons. The molecule has 1 heterocycles. The minimum Gasteiger partial charge on any atom is -0.358 e. The number of aromatic nitrogens is 2. The SMILES string of the molecule is CN(C)CCN(C)c1cc(Br)ncn1. The van der Waals surface area contributed by atoms with E-state index >= 15 is 0 Å². The van der Waals surface area contributed by atoms with Crippen LogP contribution in [0.4, 0.5) is 5.82 Å². The van der Waals surface area contributed by atoms with Gasteiger partial charge < -0.3 is 9.80 Å². The number of anilines is 1. The van der Waals surface area contributed by atoms with Crippen LogP contribution >= 0.6 is 15.9 Å². The van der Waals surface area contributed by atoms with E-state index in [4.69, 9.17) is 0 Å². The molecule has 5 heteroatoms. The van der Waals surface area contributed by atoms with Crippen molar-refractivity contribution in [2.45, 2.75) is 0 Å². The average Bonchev–Trinajstić information content (AvgIpc) is 2.14. The lowest BCUT2D eigenvalue weighted by atomic mass is 10.4. The van der Waals surface area contributed by atoms with E-state index in [1.54, 1.807) is 6.33 Å². The van der Waals surface area contributed by atoms with Gasteiger partial charge in [0.25, 0.3) is 0 Å². The molecular formula is C9H15BrN4. The largest absolute Gasteiger partial charge is 0.358 e. The Kier molecular flexibility index (Phi) is 4.28. The minimum atomic E-state index is 0.819. The van der Waals surface area contributed by atoms with Crippen LogP contribution in [0.15, 0.2) is 17.0 Å². The molecule has 1 aromatic heterocycles. The van der Waals surface area contributed by atoms with Gasteiger partial charge in [-0.3, -0.25) is 0 Å². The third-order valence-electron chi connectivity index (χ3n) is 1.89. The van der Waals surface area contributed by atoms with E-state index in [1.165, 1.54) is 0 Å². The molecule has 0 saturated heterocycles. The van der Waals surface area contributed by atoms with Gasteiger partial charge in [0.2, 0.25) is 0 Å². The Bertz CT molecular complexity index is 290. The van der Waals surface area contributed by atoms with Gasteiger partial charge >= 0.3 is 0 Å². The highest BCUT2D eigenvalue weighted by Crippen LogP contribution is 2.12. The second kappa shape index (κ2) is 5.26. The molecule has 0 unspecified atom stereocenters. The van der Waals surface area contributed by atoms with Gasteiger partial charge in [-0.1, -0.05) is 0 Å². The number of nitrogens with zero attached hydrogens (tertiary/aromatic N) is 4. The van der Waals surface area contributed by atoms with Gasteiger partial charge in [-0.2, -0.15) is 0 Å². The van der Waals surface area contributed by atoms with Crippen LogP contribution in [0.25, 0.3) is 0 Å². The highest BCUT2D eigenvalue weighted by molar-refractivity contribution is 9.10. The minimum absolute atomic E-state index is 0.819. The summed E-state index contributed by atoms with van der Waals surface area (Å²) in [7, 11) is 6.14. The van der Waals surface area contributed by atoms with Gasteiger partial charge in [-0.15, -0.1) is 0 Å². The predicted octanol–water partition coefficient (Wildman–Crippen LogP) is 1.24. The Morgan fingerprint density at radius 3 is 2.50 bits per heavy atom. The number of likely N-dealkylation sites (N-methyl/N-ethyl adjacent to an activating group) is 2. The molecule has 14 heavy (non-hydrogen) atoms. The van der Waals surface area contributed by atoms with Crippen molar-refractivity contribution in [1.82, 2.24) is 14.9 Å². The first kappa shape index (κ1) is 11.4. The van der Waals surface area contributed by atoms with Crippen molar-refractivity contribution in [2.75, 3.05) is 39.1 Å². The Balaban J connectivity index is 2.56. The van der Waals surface area contributed by atoms with Crippen molar-refractivity contribution in [3.8, 4) is 0 Å². The summed E-state index contributed by atoms with van der Waals surface area (Å²) in [6.45, 7) is 1.97. The number of halogens is 1. The maximum atomic E-state index is 4.18. The molecule has 0 amide bonds. The molecule has 0 saturated carbocycles. The van der Waals surface area contributed by atoms with Gasteiger partial charge in [-0.05, 0) is 30.0 Å². The smallest absolute Gasteiger partial charge is 0.132 e. The summed E-state index contributed by atoms with van der Waals surface area (Å²) in [4.78, 5) is 12.4. The second-order valence-corrected chi connectivity index (χ2v) is 4.24. The average molecular weight is 259 g/mol. The lowest BCUT2D eigenvalue weighted by Gasteiger charge is -2.20. The van der Waals surface area contributed by atoms with Crippen molar-refractivity contribution < 1.29 is 0 Å². The lowest BCUT2D eigenvalue weighted by Crippen LogP contribution is -2.29. The summed E-state index contributed by atoms with van der Waals surface area (Å²) in [5.41, 5.74) is 0. The van der Waals surface area contributed by atoms with Crippen molar-refractivity contribution in [3.05, 3.63) is 17.0 Å². The normalized spacial score (nSPS) is 10.6. The monoisotopic (exact) mass is 258 g/mol. The zero-order valence-electron chi connectivity index (χ0n) is 8.74. The lowest BCUT2D eigenvalue weighted by molar-refractivity contribution is 0.416. The van der Waals surface area contributed by atoms with Crippen LogP contribution in [-0.2, 0) is 0 Å². The van der Waals surface area contributed by atoms with E-state index in [9.17, 15) is 0 Å². The van der Waals surface area contributed by atoms with Crippen LogP contribution in [0.1, 0.15) is 0 Å². The fraction of sp³-hybridized carbons (Fsp3) is 0.556. The summed E-state index contributed by atoms with van der Waals surface area (Å²) < 4.78 is 0.819. The number of hydrogen-bond donors (Lipinski definition) is 0. The van der Waals surface area contributed by atoms with Gasteiger partial charge in [-0.25, -0.2) is 9.97 Å². The fourth-order valence-corrected chi connectivity index (χ4v) is 1.29. The zero-order chi connectivity index (χ0) is 10.6.